The first-order valence-corrected chi connectivity index (χ1v) is 9.55. The maximum Gasteiger partial charge on any atom is 0.198 e. The molecule has 0 heterocycles. The molecule has 0 radical (unpaired) electrons. The number of fused-ring (bicyclic) bond motifs is 1. The number of thiocarbonyl (C=S) groups is 1. The van der Waals surface area contributed by atoms with E-state index in [4.69, 9.17) is 0 Å². The number of sulfone groups is 1. The Morgan fingerprint density at radius 2 is 1.60 bits per heavy atom. The van der Waals surface area contributed by atoms with E-state index in [9.17, 15) is 8.42 Å². The average molecular weight is 366 g/mol. The summed E-state index contributed by atoms with van der Waals surface area (Å²) in [5.41, 5.74) is 0.688. The van der Waals surface area contributed by atoms with Crippen LogP contribution in [0.2, 0.25) is 0 Å². The first-order chi connectivity index (χ1) is 12.1. The monoisotopic (exact) mass is 366 g/mol. The molecule has 0 bridgehead atoms. The van der Waals surface area contributed by atoms with Gasteiger partial charge in [0.2, 0.25) is 0 Å². The zero-order valence-corrected chi connectivity index (χ0v) is 14.8. The molecule has 0 fully saturated rings. The van der Waals surface area contributed by atoms with Crippen molar-refractivity contribution in [3.63, 3.8) is 0 Å². The molecule has 0 amide bonds. The lowest BCUT2D eigenvalue weighted by atomic mass is 10.1. The molecule has 3 rings (SSSR count). The van der Waals surface area contributed by atoms with Crippen molar-refractivity contribution in [1.29, 1.82) is 0 Å². The van der Waals surface area contributed by atoms with E-state index in [1.807, 2.05) is 42.5 Å². The van der Waals surface area contributed by atoms with E-state index in [1.165, 1.54) is 0 Å². The maximum atomic E-state index is 12.6. The van der Waals surface area contributed by atoms with Crippen LogP contribution in [0.3, 0.4) is 0 Å². The summed E-state index contributed by atoms with van der Waals surface area (Å²) in [5, 5.41) is 4.10. The molecule has 0 aliphatic heterocycles. The summed E-state index contributed by atoms with van der Waals surface area (Å²) in [5.74, 6) is -0.157. The Bertz CT molecular complexity index is 1080. The molecular formula is C19H14N2O2S2. The quantitative estimate of drug-likeness (QED) is 0.396. The van der Waals surface area contributed by atoms with E-state index in [0.29, 0.717) is 5.56 Å². The third-order valence-corrected chi connectivity index (χ3v) is 5.18. The Morgan fingerprint density at radius 1 is 0.920 bits per heavy atom. The number of hydrogen-bond donors (Lipinski definition) is 0. The van der Waals surface area contributed by atoms with Gasteiger partial charge in [-0.3, -0.25) is 0 Å². The van der Waals surface area contributed by atoms with E-state index < -0.39 is 15.7 Å². The van der Waals surface area contributed by atoms with Gasteiger partial charge in [0.15, 0.2) is 15.7 Å². The minimum Gasteiger partial charge on any atom is -0.249 e. The van der Waals surface area contributed by atoms with E-state index in [-0.39, 0.29) is 10.7 Å². The van der Waals surface area contributed by atoms with Gasteiger partial charge in [-0.2, -0.15) is 4.99 Å². The third-order valence-electron chi connectivity index (χ3n) is 3.65. The lowest BCUT2D eigenvalue weighted by Crippen LogP contribution is -2.08. The Labute approximate surface area is 151 Å². The molecule has 0 aliphatic carbocycles. The van der Waals surface area contributed by atoms with Crippen LogP contribution in [0.5, 0.6) is 0 Å². The van der Waals surface area contributed by atoms with Crippen LogP contribution in [-0.4, -0.2) is 25.3 Å². The van der Waals surface area contributed by atoms with Crippen molar-refractivity contribution in [3.8, 4) is 0 Å². The van der Waals surface area contributed by atoms with Crippen molar-refractivity contribution in [2.75, 3.05) is 5.88 Å². The summed E-state index contributed by atoms with van der Waals surface area (Å²) >= 11 is 4.64. The van der Waals surface area contributed by atoms with Crippen LogP contribution in [0, 0.1) is 0 Å². The predicted molar refractivity (Wildman–Crippen MR) is 104 cm³/mol. The molecule has 0 atom stereocenters. The van der Waals surface area contributed by atoms with Crippen LogP contribution < -0.4 is 0 Å². The van der Waals surface area contributed by atoms with Crippen molar-refractivity contribution in [1.82, 2.24) is 0 Å². The van der Waals surface area contributed by atoms with Crippen molar-refractivity contribution < 1.29 is 8.42 Å². The Kier molecular flexibility index (Phi) is 5.14. The molecule has 0 spiro atoms. The summed E-state index contributed by atoms with van der Waals surface area (Å²) in [6.07, 6.45) is 0. The second-order valence-electron chi connectivity index (χ2n) is 5.30. The van der Waals surface area contributed by atoms with Crippen LogP contribution in [0.25, 0.3) is 10.8 Å². The summed E-state index contributed by atoms with van der Waals surface area (Å²) in [6.45, 7) is 0. The second kappa shape index (κ2) is 7.49. The van der Waals surface area contributed by atoms with Crippen LogP contribution in [0.1, 0.15) is 5.56 Å². The number of benzene rings is 3. The van der Waals surface area contributed by atoms with Gasteiger partial charge in [-0.05, 0) is 35.1 Å². The summed E-state index contributed by atoms with van der Waals surface area (Å²) in [6, 6.07) is 21.7. The SMILES string of the molecule is O=S(=O)(CN=C(N=C=S)c1ccccc1)c1ccc2ccccc2c1. The molecule has 0 saturated carbocycles. The molecule has 0 N–H and O–H groups in total. The van der Waals surface area contributed by atoms with Gasteiger partial charge in [0.05, 0.1) is 10.1 Å². The fourth-order valence-corrected chi connectivity index (χ4v) is 3.51. The van der Waals surface area contributed by atoms with Crippen LogP contribution in [0.15, 0.2) is 87.7 Å². The normalized spacial score (nSPS) is 11.9. The van der Waals surface area contributed by atoms with Gasteiger partial charge in [0.1, 0.15) is 5.88 Å². The Morgan fingerprint density at radius 3 is 2.32 bits per heavy atom. The number of isothiocyanates is 1. The van der Waals surface area contributed by atoms with Crippen LogP contribution >= 0.6 is 12.2 Å². The summed E-state index contributed by atoms with van der Waals surface area (Å²) < 4.78 is 25.2. The molecule has 4 nitrogen and oxygen atoms in total. The standard InChI is InChI=1S/C19H14N2O2S2/c22-25(23,18-11-10-15-6-4-5-9-17(15)12-18)14-21-19(20-13-24)16-7-2-1-3-8-16/h1-12H,14H2. The van der Waals surface area contributed by atoms with Crippen molar-refractivity contribution in [2.24, 2.45) is 9.98 Å². The zero-order valence-electron chi connectivity index (χ0n) is 13.2. The topological polar surface area (TPSA) is 58.9 Å². The minimum atomic E-state index is -3.58. The molecule has 3 aromatic rings. The molecule has 0 aromatic heterocycles. The van der Waals surface area contributed by atoms with E-state index >= 15 is 0 Å². The van der Waals surface area contributed by atoms with Gasteiger partial charge in [-0.25, -0.2) is 13.4 Å². The molecule has 0 saturated heterocycles. The number of rotatable bonds is 4. The molecule has 6 heteroatoms. The molecule has 124 valence electrons. The first kappa shape index (κ1) is 17.2. The largest absolute Gasteiger partial charge is 0.249 e. The molecular weight excluding hydrogens is 352 g/mol. The molecule has 0 unspecified atom stereocenters. The lowest BCUT2D eigenvalue weighted by molar-refractivity contribution is 0.596. The van der Waals surface area contributed by atoms with Gasteiger partial charge >= 0.3 is 0 Å². The van der Waals surface area contributed by atoms with Gasteiger partial charge in [0.25, 0.3) is 0 Å². The van der Waals surface area contributed by atoms with E-state index in [2.05, 4.69) is 27.4 Å². The molecule has 25 heavy (non-hydrogen) atoms. The van der Waals surface area contributed by atoms with E-state index in [1.54, 1.807) is 30.3 Å². The number of hydrogen-bond acceptors (Lipinski definition) is 4. The highest BCUT2D eigenvalue weighted by molar-refractivity contribution is 7.91. The van der Waals surface area contributed by atoms with Gasteiger partial charge in [-0.15, -0.1) is 0 Å². The summed E-state index contributed by atoms with van der Waals surface area (Å²) in [4.78, 5) is 8.27. The van der Waals surface area contributed by atoms with Crippen molar-refractivity contribution >= 4 is 43.8 Å². The Balaban J connectivity index is 1.95. The van der Waals surface area contributed by atoms with Gasteiger partial charge in [0, 0.05) is 5.56 Å². The number of amidine groups is 1. The smallest absolute Gasteiger partial charge is 0.198 e. The van der Waals surface area contributed by atoms with Gasteiger partial charge < -0.3 is 0 Å². The highest BCUT2D eigenvalue weighted by Gasteiger charge is 2.15. The maximum absolute atomic E-state index is 12.6. The highest BCUT2D eigenvalue weighted by Crippen LogP contribution is 2.20. The van der Waals surface area contributed by atoms with Crippen LogP contribution in [0.4, 0.5) is 0 Å². The van der Waals surface area contributed by atoms with Crippen molar-refractivity contribution in [3.05, 3.63) is 78.4 Å². The van der Waals surface area contributed by atoms with Gasteiger partial charge in [-0.1, -0.05) is 60.7 Å². The fraction of sp³-hybridized carbons (Fsp3) is 0.0526. The fourth-order valence-electron chi connectivity index (χ4n) is 2.40. The van der Waals surface area contributed by atoms with Crippen molar-refractivity contribution in [2.45, 2.75) is 4.90 Å². The number of aliphatic imine (C=N–C) groups is 2. The zero-order chi connectivity index (χ0) is 17.7. The second-order valence-corrected chi connectivity index (χ2v) is 7.45. The van der Waals surface area contributed by atoms with Crippen LogP contribution in [-0.2, 0) is 9.84 Å². The third kappa shape index (κ3) is 4.06. The lowest BCUT2D eigenvalue weighted by Gasteiger charge is -2.05. The minimum absolute atomic E-state index is 0.230. The first-order valence-electron chi connectivity index (χ1n) is 7.49. The predicted octanol–water partition coefficient (Wildman–Crippen LogP) is 4.12. The molecule has 0 aliphatic rings. The molecule has 3 aromatic carbocycles. The average Bonchev–Trinajstić information content (AvgIpc) is 2.65. The highest BCUT2D eigenvalue weighted by atomic mass is 32.2. The number of nitrogens with zero attached hydrogens (tertiary/aromatic N) is 2. The summed E-state index contributed by atoms with van der Waals surface area (Å²) in [7, 11) is -3.58. The Hall–Kier alpha value is -2.66. The van der Waals surface area contributed by atoms with E-state index in [0.717, 1.165) is 10.8 Å².